The van der Waals surface area contributed by atoms with Gasteiger partial charge < -0.3 is 9.47 Å². The number of nitrogens with one attached hydrogen (secondary N) is 2. The number of nitro groups is 1. The van der Waals surface area contributed by atoms with E-state index in [1.54, 1.807) is 18.2 Å². The molecule has 0 spiro atoms. The van der Waals surface area contributed by atoms with Crippen molar-refractivity contribution in [1.29, 1.82) is 0 Å². The standard InChI is InChI=1S/C19H21N3O6/c1-12-8-13(2)10-15(9-12)27-11-18(23)20-21-19(24)14(3)28-17-7-5-4-6-16(17)22(25)26/h4-10,14H,11H2,1-3H3,(H,20,23)(H,21,24). The summed E-state index contributed by atoms with van der Waals surface area (Å²) in [6, 6.07) is 11.3. The minimum Gasteiger partial charge on any atom is -0.484 e. The Kier molecular flexibility index (Phi) is 6.91. The molecule has 28 heavy (non-hydrogen) atoms. The number of ether oxygens (including phenoxy) is 2. The summed E-state index contributed by atoms with van der Waals surface area (Å²) in [5.74, 6) is -0.727. The molecule has 0 saturated carbocycles. The Morgan fingerprint density at radius 1 is 1.11 bits per heavy atom. The number of hydrogen-bond acceptors (Lipinski definition) is 6. The first-order valence-electron chi connectivity index (χ1n) is 8.46. The molecule has 0 bridgehead atoms. The van der Waals surface area contributed by atoms with Gasteiger partial charge in [-0.25, -0.2) is 0 Å². The van der Waals surface area contributed by atoms with Gasteiger partial charge in [0.1, 0.15) is 5.75 Å². The number of benzene rings is 2. The van der Waals surface area contributed by atoms with Crippen LogP contribution in [0.4, 0.5) is 5.69 Å². The van der Waals surface area contributed by atoms with Crippen molar-refractivity contribution in [2.24, 2.45) is 0 Å². The van der Waals surface area contributed by atoms with Gasteiger partial charge in [0.05, 0.1) is 4.92 Å². The molecule has 0 saturated heterocycles. The van der Waals surface area contributed by atoms with E-state index in [9.17, 15) is 19.7 Å². The van der Waals surface area contributed by atoms with Crippen LogP contribution in [0, 0.1) is 24.0 Å². The van der Waals surface area contributed by atoms with E-state index >= 15 is 0 Å². The van der Waals surface area contributed by atoms with Gasteiger partial charge in [-0.15, -0.1) is 0 Å². The molecule has 148 valence electrons. The minimum absolute atomic E-state index is 0.0420. The molecular weight excluding hydrogens is 366 g/mol. The van der Waals surface area contributed by atoms with Gasteiger partial charge in [-0.1, -0.05) is 18.2 Å². The summed E-state index contributed by atoms with van der Waals surface area (Å²) >= 11 is 0. The monoisotopic (exact) mass is 387 g/mol. The van der Waals surface area contributed by atoms with Gasteiger partial charge in [-0.3, -0.25) is 30.6 Å². The number of nitrogens with zero attached hydrogens (tertiary/aromatic N) is 1. The van der Waals surface area contributed by atoms with Crippen LogP contribution in [0.15, 0.2) is 42.5 Å². The summed E-state index contributed by atoms with van der Waals surface area (Å²) in [5, 5.41) is 11.0. The topological polar surface area (TPSA) is 120 Å². The predicted octanol–water partition coefficient (Wildman–Crippen LogP) is 2.21. The molecule has 2 aromatic rings. The van der Waals surface area contributed by atoms with Gasteiger partial charge in [0.15, 0.2) is 18.5 Å². The molecule has 2 aromatic carbocycles. The van der Waals surface area contributed by atoms with Gasteiger partial charge in [-0.2, -0.15) is 0 Å². The number of hydrogen-bond donors (Lipinski definition) is 2. The van der Waals surface area contributed by atoms with E-state index in [4.69, 9.17) is 9.47 Å². The third kappa shape index (κ3) is 5.97. The molecule has 0 heterocycles. The van der Waals surface area contributed by atoms with E-state index in [1.165, 1.54) is 25.1 Å². The van der Waals surface area contributed by atoms with Crippen molar-refractivity contribution < 1.29 is 24.0 Å². The summed E-state index contributed by atoms with van der Waals surface area (Å²) in [6.07, 6.45) is -1.07. The third-order valence-electron chi connectivity index (χ3n) is 3.63. The number of carbonyl (C=O) groups excluding carboxylic acids is 2. The highest BCUT2D eigenvalue weighted by Crippen LogP contribution is 2.26. The second-order valence-corrected chi connectivity index (χ2v) is 6.13. The van der Waals surface area contributed by atoms with E-state index in [2.05, 4.69) is 10.9 Å². The van der Waals surface area contributed by atoms with Crippen molar-refractivity contribution in [1.82, 2.24) is 10.9 Å². The van der Waals surface area contributed by atoms with E-state index < -0.39 is 22.8 Å². The minimum atomic E-state index is -1.07. The number of para-hydroxylation sites is 2. The van der Waals surface area contributed by atoms with E-state index in [1.807, 2.05) is 19.9 Å². The van der Waals surface area contributed by atoms with Crippen LogP contribution >= 0.6 is 0 Å². The fourth-order valence-corrected chi connectivity index (χ4v) is 2.39. The average molecular weight is 387 g/mol. The summed E-state index contributed by atoms with van der Waals surface area (Å²) < 4.78 is 10.7. The molecular formula is C19H21N3O6. The molecule has 1 unspecified atom stereocenters. The van der Waals surface area contributed by atoms with Crippen LogP contribution < -0.4 is 20.3 Å². The lowest BCUT2D eigenvalue weighted by molar-refractivity contribution is -0.386. The van der Waals surface area contributed by atoms with Gasteiger partial charge in [0, 0.05) is 6.07 Å². The molecule has 0 aromatic heterocycles. The largest absolute Gasteiger partial charge is 0.484 e. The van der Waals surface area contributed by atoms with Crippen LogP contribution in [-0.4, -0.2) is 29.4 Å². The zero-order valence-corrected chi connectivity index (χ0v) is 15.7. The molecule has 9 nitrogen and oxygen atoms in total. The fraction of sp³-hybridized carbons (Fsp3) is 0.263. The molecule has 2 rings (SSSR count). The Morgan fingerprint density at radius 3 is 2.39 bits per heavy atom. The first-order chi connectivity index (χ1) is 13.3. The lowest BCUT2D eigenvalue weighted by Crippen LogP contribution is -2.48. The Labute approximate surface area is 161 Å². The van der Waals surface area contributed by atoms with Crippen molar-refractivity contribution in [3.8, 4) is 11.5 Å². The van der Waals surface area contributed by atoms with E-state index in [-0.39, 0.29) is 18.0 Å². The van der Waals surface area contributed by atoms with Gasteiger partial charge in [0.2, 0.25) is 0 Å². The Bertz CT molecular complexity index is 863. The van der Waals surface area contributed by atoms with Crippen molar-refractivity contribution in [2.75, 3.05) is 6.61 Å². The second kappa shape index (κ2) is 9.36. The maximum absolute atomic E-state index is 12.0. The molecule has 2 N–H and O–H groups in total. The van der Waals surface area contributed by atoms with Crippen LogP contribution in [0.25, 0.3) is 0 Å². The van der Waals surface area contributed by atoms with Crippen molar-refractivity contribution in [2.45, 2.75) is 26.9 Å². The molecule has 9 heteroatoms. The molecule has 0 radical (unpaired) electrons. The van der Waals surface area contributed by atoms with Crippen LogP contribution in [0.2, 0.25) is 0 Å². The van der Waals surface area contributed by atoms with E-state index in [0.717, 1.165) is 11.1 Å². The van der Waals surface area contributed by atoms with Crippen molar-refractivity contribution in [3.63, 3.8) is 0 Å². The molecule has 2 amide bonds. The Balaban J connectivity index is 1.82. The number of carbonyl (C=O) groups is 2. The summed E-state index contributed by atoms with van der Waals surface area (Å²) in [4.78, 5) is 34.2. The number of amides is 2. The maximum Gasteiger partial charge on any atom is 0.310 e. The fourth-order valence-electron chi connectivity index (χ4n) is 2.39. The normalized spacial score (nSPS) is 11.2. The molecule has 0 aliphatic carbocycles. The Morgan fingerprint density at radius 2 is 1.75 bits per heavy atom. The van der Waals surface area contributed by atoms with Gasteiger partial charge in [-0.05, 0) is 50.1 Å². The van der Waals surface area contributed by atoms with Crippen LogP contribution in [-0.2, 0) is 9.59 Å². The highest BCUT2D eigenvalue weighted by molar-refractivity contribution is 5.85. The number of aryl methyl sites for hydroxylation is 2. The van der Waals surface area contributed by atoms with Crippen molar-refractivity contribution >= 4 is 17.5 Å². The average Bonchev–Trinajstić information content (AvgIpc) is 2.63. The van der Waals surface area contributed by atoms with E-state index in [0.29, 0.717) is 5.75 Å². The summed E-state index contributed by atoms with van der Waals surface area (Å²) in [7, 11) is 0. The van der Waals surface area contributed by atoms with Crippen LogP contribution in [0.3, 0.4) is 0 Å². The SMILES string of the molecule is Cc1cc(C)cc(OCC(=O)NNC(=O)C(C)Oc2ccccc2[N+](=O)[O-])c1. The highest BCUT2D eigenvalue weighted by Gasteiger charge is 2.21. The quantitative estimate of drug-likeness (QED) is 0.555. The van der Waals surface area contributed by atoms with Gasteiger partial charge in [0.25, 0.3) is 11.8 Å². The van der Waals surface area contributed by atoms with Crippen LogP contribution in [0.5, 0.6) is 11.5 Å². The second-order valence-electron chi connectivity index (χ2n) is 6.13. The maximum atomic E-state index is 12.0. The first kappa shape index (κ1) is 20.7. The number of nitro benzene ring substituents is 1. The number of rotatable bonds is 7. The molecule has 0 aliphatic heterocycles. The predicted molar refractivity (Wildman–Crippen MR) is 101 cm³/mol. The first-order valence-corrected chi connectivity index (χ1v) is 8.46. The van der Waals surface area contributed by atoms with Gasteiger partial charge >= 0.3 is 5.69 Å². The van der Waals surface area contributed by atoms with Crippen molar-refractivity contribution in [3.05, 3.63) is 63.7 Å². The summed E-state index contributed by atoms with van der Waals surface area (Å²) in [5.41, 5.74) is 6.16. The summed E-state index contributed by atoms with van der Waals surface area (Å²) in [6.45, 7) is 4.95. The lowest BCUT2D eigenvalue weighted by atomic mass is 10.1. The Hall–Kier alpha value is -3.62. The third-order valence-corrected chi connectivity index (χ3v) is 3.63. The van der Waals surface area contributed by atoms with Crippen LogP contribution in [0.1, 0.15) is 18.1 Å². The number of hydrazine groups is 1. The molecule has 1 atom stereocenters. The highest BCUT2D eigenvalue weighted by atomic mass is 16.6. The molecule has 0 fully saturated rings. The lowest BCUT2D eigenvalue weighted by Gasteiger charge is -2.15. The zero-order valence-electron chi connectivity index (χ0n) is 15.7. The smallest absolute Gasteiger partial charge is 0.310 e. The molecule has 0 aliphatic rings. The zero-order chi connectivity index (χ0) is 20.7.